The molecule has 6 nitrogen and oxygen atoms in total. The Morgan fingerprint density at radius 1 is 1.59 bits per heavy atom. The van der Waals surface area contributed by atoms with E-state index in [4.69, 9.17) is 5.73 Å². The van der Waals surface area contributed by atoms with E-state index in [0.717, 1.165) is 30.8 Å². The summed E-state index contributed by atoms with van der Waals surface area (Å²) in [5, 5.41) is 7.50. The van der Waals surface area contributed by atoms with Crippen LogP contribution in [0.5, 0.6) is 0 Å². The van der Waals surface area contributed by atoms with Gasteiger partial charge in [0.15, 0.2) is 11.3 Å². The molecule has 7 heteroatoms. The Labute approximate surface area is 105 Å². The SMILES string of the molecule is NC(=O)c1nn2c3c(cnc2c1Br)CNCC3. The largest absolute Gasteiger partial charge is 0.364 e. The number of nitrogens with zero attached hydrogens (tertiary/aromatic N) is 3. The molecule has 0 spiro atoms. The third kappa shape index (κ3) is 1.54. The third-order valence-electron chi connectivity index (χ3n) is 2.86. The summed E-state index contributed by atoms with van der Waals surface area (Å²) < 4.78 is 2.27. The maximum Gasteiger partial charge on any atom is 0.270 e. The van der Waals surface area contributed by atoms with E-state index in [1.165, 1.54) is 0 Å². The first-order valence-corrected chi connectivity index (χ1v) is 6.03. The Hall–Kier alpha value is -1.47. The maximum atomic E-state index is 11.2. The fourth-order valence-electron chi connectivity index (χ4n) is 2.04. The van der Waals surface area contributed by atoms with Crippen molar-refractivity contribution >= 4 is 27.5 Å². The summed E-state index contributed by atoms with van der Waals surface area (Å²) in [6, 6.07) is 0. The third-order valence-corrected chi connectivity index (χ3v) is 3.59. The van der Waals surface area contributed by atoms with E-state index in [0.29, 0.717) is 10.1 Å². The number of rotatable bonds is 1. The molecule has 0 aromatic carbocycles. The molecule has 0 saturated heterocycles. The van der Waals surface area contributed by atoms with Crippen LogP contribution in [-0.4, -0.2) is 27.0 Å². The van der Waals surface area contributed by atoms with Crippen LogP contribution < -0.4 is 11.1 Å². The Bertz CT molecular complexity index is 621. The zero-order chi connectivity index (χ0) is 12.0. The van der Waals surface area contributed by atoms with Crippen LogP contribution in [0.2, 0.25) is 0 Å². The standard InChI is InChI=1S/C10H10BrN5O/c11-7-8(9(12)17)15-16-6-1-2-13-3-5(6)4-14-10(7)16/h4,13H,1-3H2,(H2,12,17). The van der Waals surface area contributed by atoms with Crippen molar-refractivity contribution in [3.05, 3.63) is 27.6 Å². The molecule has 1 amide bonds. The molecule has 3 N–H and O–H groups in total. The lowest BCUT2D eigenvalue weighted by Gasteiger charge is -2.16. The molecule has 0 fully saturated rings. The lowest BCUT2D eigenvalue weighted by atomic mass is 10.1. The number of carbonyl (C=O) groups excluding carboxylic acids is 1. The molecule has 17 heavy (non-hydrogen) atoms. The van der Waals surface area contributed by atoms with Crippen LogP contribution in [0.3, 0.4) is 0 Å². The molecular weight excluding hydrogens is 286 g/mol. The van der Waals surface area contributed by atoms with Crippen LogP contribution in [0.1, 0.15) is 21.7 Å². The first-order chi connectivity index (χ1) is 8.18. The fourth-order valence-corrected chi connectivity index (χ4v) is 2.59. The van der Waals surface area contributed by atoms with Gasteiger partial charge in [0.05, 0.1) is 10.2 Å². The van der Waals surface area contributed by atoms with Crippen molar-refractivity contribution in [2.45, 2.75) is 13.0 Å². The van der Waals surface area contributed by atoms with Crippen molar-refractivity contribution in [2.75, 3.05) is 6.54 Å². The molecule has 0 bridgehead atoms. The number of carbonyl (C=O) groups is 1. The highest BCUT2D eigenvalue weighted by molar-refractivity contribution is 9.10. The van der Waals surface area contributed by atoms with E-state index in [-0.39, 0.29) is 5.69 Å². The number of halogens is 1. The predicted octanol–water partition coefficient (Wildman–Crippen LogP) is 0.236. The Balaban J connectivity index is 2.33. The minimum atomic E-state index is -0.551. The second-order valence-corrected chi connectivity index (χ2v) is 4.71. The summed E-state index contributed by atoms with van der Waals surface area (Å²) >= 11 is 3.32. The highest BCUT2D eigenvalue weighted by atomic mass is 79.9. The van der Waals surface area contributed by atoms with Crippen LogP contribution in [0.15, 0.2) is 10.7 Å². The molecule has 3 heterocycles. The minimum absolute atomic E-state index is 0.226. The van der Waals surface area contributed by atoms with Crippen molar-refractivity contribution in [3.63, 3.8) is 0 Å². The number of nitrogens with one attached hydrogen (secondary N) is 1. The number of primary amides is 1. The van der Waals surface area contributed by atoms with Gasteiger partial charge in [0.2, 0.25) is 0 Å². The number of hydrogen-bond donors (Lipinski definition) is 2. The highest BCUT2D eigenvalue weighted by Gasteiger charge is 2.20. The van der Waals surface area contributed by atoms with Gasteiger partial charge in [0.25, 0.3) is 5.91 Å². The van der Waals surface area contributed by atoms with Crippen LogP contribution in [0.4, 0.5) is 0 Å². The molecule has 0 aliphatic carbocycles. The Morgan fingerprint density at radius 2 is 2.41 bits per heavy atom. The molecule has 2 aromatic rings. The molecule has 0 saturated carbocycles. The topological polar surface area (TPSA) is 85.3 Å². The summed E-state index contributed by atoms with van der Waals surface area (Å²) in [5.41, 5.74) is 8.33. The van der Waals surface area contributed by atoms with Crippen molar-refractivity contribution in [2.24, 2.45) is 5.73 Å². The number of nitrogens with two attached hydrogens (primary N) is 1. The van der Waals surface area contributed by atoms with Gasteiger partial charge in [-0.15, -0.1) is 0 Å². The van der Waals surface area contributed by atoms with Gasteiger partial charge in [-0.25, -0.2) is 9.50 Å². The van der Waals surface area contributed by atoms with Gasteiger partial charge in [-0.3, -0.25) is 4.79 Å². The monoisotopic (exact) mass is 295 g/mol. The molecule has 0 atom stereocenters. The van der Waals surface area contributed by atoms with Gasteiger partial charge in [0, 0.05) is 31.3 Å². The summed E-state index contributed by atoms with van der Waals surface area (Å²) in [7, 11) is 0. The van der Waals surface area contributed by atoms with E-state index < -0.39 is 5.91 Å². The quantitative estimate of drug-likeness (QED) is 0.789. The molecule has 0 radical (unpaired) electrons. The van der Waals surface area contributed by atoms with E-state index >= 15 is 0 Å². The summed E-state index contributed by atoms with van der Waals surface area (Å²) in [6.07, 6.45) is 2.68. The zero-order valence-electron chi connectivity index (χ0n) is 8.90. The van der Waals surface area contributed by atoms with E-state index in [2.05, 4.69) is 31.3 Å². The van der Waals surface area contributed by atoms with E-state index in [1.807, 2.05) is 6.20 Å². The first kappa shape index (κ1) is 10.7. The summed E-state index contributed by atoms with van der Waals surface area (Å²) in [5.74, 6) is -0.551. The highest BCUT2D eigenvalue weighted by Crippen LogP contribution is 2.24. The lowest BCUT2D eigenvalue weighted by Crippen LogP contribution is -2.26. The van der Waals surface area contributed by atoms with Gasteiger partial charge >= 0.3 is 0 Å². The number of fused-ring (bicyclic) bond motifs is 3. The first-order valence-electron chi connectivity index (χ1n) is 5.24. The van der Waals surface area contributed by atoms with Crippen LogP contribution in [0, 0.1) is 0 Å². The number of amides is 1. The van der Waals surface area contributed by atoms with E-state index in [1.54, 1.807) is 4.52 Å². The molecule has 3 rings (SSSR count). The van der Waals surface area contributed by atoms with Crippen LogP contribution in [-0.2, 0) is 13.0 Å². The lowest BCUT2D eigenvalue weighted by molar-refractivity contribution is 0.0994. The van der Waals surface area contributed by atoms with Gasteiger partial charge in [-0.2, -0.15) is 5.10 Å². The Kier molecular flexibility index (Phi) is 2.37. The number of hydrogen-bond acceptors (Lipinski definition) is 4. The summed E-state index contributed by atoms with van der Waals surface area (Å²) in [4.78, 5) is 15.5. The summed E-state index contributed by atoms with van der Waals surface area (Å²) in [6.45, 7) is 1.68. The molecule has 2 aromatic heterocycles. The number of aromatic nitrogens is 3. The normalized spacial score (nSPS) is 14.9. The van der Waals surface area contributed by atoms with Crippen molar-refractivity contribution in [1.82, 2.24) is 19.9 Å². The van der Waals surface area contributed by atoms with Gasteiger partial charge in [-0.1, -0.05) is 0 Å². The zero-order valence-corrected chi connectivity index (χ0v) is 10.5. The van der Waals surface area contributed by atoms with Crippen LogP contribution >= 0.6 is 15.9 Å². The average molecular weight is 296 g/mol. The fraction of sp³-hybridized carbons (Fsp3) is 0.300. The second-order valence-electron chi connectivity index (χ2n) is 3.92. The smallest absolute Gasteiger partial charge is 0.270 e. The molecule has 1 aliphatic rings. The van der Waals surface area contributed by atoms with Gasteiger partial charge in [-0.05, 0) is 15.9 Å². The maximum absolute atomic E-state index is 11.2. The van der Waals surface area contributed by atoms with Crippen molar-refractivity contribution in [1.29, 1.82) is 0 Å². The van der Waals surface area contributed by atoms with Gasteiger partial charge < -0.3 is 11.1 Å². The second kappa shape index (κ2) is 3.78. The average Bonchev–Trinajstić information content (AvgIpc) is 2.67. The minimum Gasteiger partial charge on any atom is -0.364 e. The van der Waals surface area contributed by atoms with Crippen molar-refractivity contribution < 1.29 is 4.79 Å². The van der Waals surface area contributed by atoms with Crippen molar-refractivity contribution in [3.8, 4) is 0 Å². The Morgan fingerprint density at radius 3 is 3.18 bits per heavy atom. The molecule has 1 aliphatic heterocycles. The van der Waals surface area contributed by atoms with Crippen LogP contribution in [0.25, 0.3) is 5.65 Å². The molecule has 0 unspecified atom stereocenters. The van der Waals surface area contributed by atoms with E-state index in [9.17, 15) is 4.79 Å². The van der Waals surface area contributed by atoms with Gasteiger partial charge in [0.1, 0.15) is 0 Å². The molecular formula is C10H10BrN5O. The molecule has 88 valence electrons. The predicted molar refractivity (Wildman–Crippen MR) is 64.6 cm³/mol.